The van der Waals surface area contributed by atoms with Crippen molar-refractivity contribution in [3.8, 4) is 5.75 Å². The summed E-state index contributed by atoms with van der Waals surface area (Å²) in [7, 11) is 0. The van der Waals surface area contributed by atoms with Crippen molar-refractivity contribution in [2.24, 2.45) is 0 Å². The van der Waals surface area contributed by atoms with E-state index in [1.807, 2.05) is 54.8 Å². The normalized spacial score (nSPS) is 10.5. The topological polar surface area (TPSA) is 52.6 Å². The van der Waals surface area contributed by atoms with E-state index in [1.165, 1.54) is 0 Å². The number of rotatable bonds is 7. The first-order valence-corrected chi connectivity index (χ1v) is 9.32. The minimum atomic E-state index is -0.577. The van der Waals surface area contributed by atoms with Crippen LogP contribution in [0.15, 0.2) is 71.6 Å². The zero-order chi connectivity index (χ0) is 18.4. The van der Waals surface area contributed by atoms with Crippen LogP contribution in [-0.2, 0) is 9.53 Å². The number of ketones is 1. The van der Waals surface area contributed by atoms with Crippen molar-refractivity contribution in [3.05, 3.63) is 72.3 Å². The number of thioether (sulfide) groups is 1. The molecule has 0 unspecified atom stereocenters. The molecule has 3 aromatic carbocycles. The molecule has 0 spiro atoms. The van der Waals surface area contributed by atoms with Gasteiger partial charge in [-0.1, -0.05) is 42.5 Å². The van der Waals surface area contributed by atoms with Crippen molar-refractivity contribution in [3.63, 3.8) is 0 Å². The fraction of sp³-hybridized carbons (Fsp3) is 0.143. The van der Waals surface area contributed by atoms with Gasteiger partial charge >= 0.3 is 5.97 Å². The second-order valence-electron chi connectivity index (χ2n) is 5.61. The predicted octanol–water partition coefficient (Wildman–Crippen LogP) is 4.37. The van der Waals surface area contributed by atoms with E-state index >= 15 is 0 Å². The first kappa shape index (κ1) is 18.0. The summed E-state index contributed by atoms with van der Waals surface area (Å²) < 4.78 is 10.5. The third-order valence-corrected chi connectivity index (χ3v) is 4.60. The molecule has 0 saturated carbocycles. The van der Waals surface area contributed by atoms with Crippen LogP contribution in [0, 0.1) is 0 Å². The molecule has 3 rings (SSSR count). The van der Waals surface area contributed by atoms with Crippen LogP contribution in [-0.4, -0.2) is 31.2 Å². The van der Waals surface area contributed by atoms with Crippen LogP contribution in [0.25, 0.3) is 10.8 Å². The summed E-state index contributed by atoms with van der Waals surface area (Å²) in [5.74, 6) is -0.233. The standard InChI is InChI=1S/C21H18O4S/c1-26-19-10-7-16(8-11-19)20(22)13-25-21(23)14-24-18-9-6-15-4-2-3-5-17(15)12-18/h2-12H,13-14H2,1H3. The van der Waals surface area contributed by atoms with Crippen molar-refractivity contribution < 1.29 is 19.1 Å². The molecule has 0 aliphatic heterocycles. The molecule has 0 saturated heterocycles. The van der Waals surface area contributed by atoms with Crippen molar-refractivity contribution >= 4 is 34.3 Å². The molecule has 132 valence electrons. The van der Waals surface area contributed by atoms with Crippen molar-refractivity contribution in [1.29, 1.82) is 0 Å². The summed E-state index contributed by atoms with van der Waals surface area (Å²) >= 11 is 1.60. The zero-order valence-corrected chi connectivity index (χ0v) is 15.1. The largest absolute Gasteiger partial charge is 0.482 e. The van der Waals surface area contributed by atoms with Gasteiger partial charge in [0.05, 0.1) is 0 Å². The van der Waals surface area contributed by atoms with Gasteiger partial charge in [-0.2, -0.15) is 0 Å². The Morgan fingerprint density at radius 2 is 1.62 bits per heavy atom. The molecule has 4 nitrogen and oxygen atoms in total. The number of ether oxygens (including phenoxy) is 2. The summed E-state index contributed by atoms with van der Waals surface area (Å²) in [5.41, 5.74) is 0.519. The molecule has 0 heterocycles. The Bertz CT molecular complexity index is 919. The SMILES string of the molecule is CSc1ccc(C(=O)COC(=O)COc2ccc3ccccc3c2)cc1. The summed E-state index contributed by atoms with van der Waals surface area (Å²) in [6.45, 7) is -0.532. The number of Topliss-reactive ketones (excluding diaryl/α,β-unsaturated/α-hetero) is 1. The Balaban J connectivity index is 1.49. The number of carbonyl (C=O) groups excluding carboxylic acids is 2. The number of fused-ring (bicyclic) bond motifs is 1. The average molecular weight is 366 g/mol. The van der Waals surface area contributed by atoms with Crippen molar-refractivity contribution in [2.45, 2.75) is 4.90 Å². The van der Waals surface area contributed by atoms with Crippen LogP contribution in [0.3, 0.4) is 0 Å². The second-order valence-corrected chi connectivity index (χ2v) is 6.49. The summed E-state index contributed by atoms with van der Waals surface area (Å²) in [6, 6.07) is 20.7. The lowest BCUT2D eigenvalue weighted by atomic mass is 10.1. The van der Waals surface area contributed by atoms with Crippen molar-refractivity contribution in [2.75, 3.05) is 19.5 Å². The van der Waals surface area contributed by atoms with Crippen LogP contribution in [0.4, 0.5) is 0 Å². The van der Waals surface area contributed by atoms with E-state index in [0.29, 0.717) is 11.3 Å². The van der Waals surface area contributed by atoms with Crippen LogP contribution >= 0.6 is 11.8 Å². The van der Waals surface area contributed by atoms with Crippen LogP contribution in [0.2, 0.25) is 0 Å². The van der Waals surface area contributed by atoms with E-state index in [1.54, 1.807) is 30.0 Å². The highest BCUT2D eigenvalue weighted by molar-refractivity contribution is 7.98. The lowest BCUT2D eigenvalue weighted by molar-refractivity contribution is -0.144. The third-order valence-electron chi connectivity index (χ3n) is 3.85. The number of benzene rings is 3. The van der Waals surface area contributed by atoms with Crippen LogP contribution in [0.1, 0.15) is 10.4 Å². The van der Waals surface area contributed by atoms with Gasteiger partial charge in [-0.3, -0.25) is 4.79 Å². The van der Waals surface area contributed by atoms with E-state index in [2.05, 4.69) is 0 Å². The lowest BCUT2D eigenvalue weighted by Gasteiger charge is -2.08. The van der Waals surface area contributed by atoms with E-state index in [9.17, 15) is 9.59 Å². The lowest BCUT2D eigenvalue weighted by Crippen LogP contribution is -2.19. The summed E-state index contributed by atoms with van der Waals surface area (Å²) in [5, 5.41) is 2.13. The molecule has 5 heteroatoms. The maximum atomic E-state index is 12.0. The first-order chi connectivity index (χ1) is 12.7. The molecular formula is C21H18O4S. The molecule has 0 N–H and O–H groups in total. The van der Waals surface area contributed by atoms with Crippen molar-refractivity contribution in [1.82, 2.24) is 0 Å². The molecule has 0 atom stereocenters. The first-order valence-electron chi connectivity index (χ1n) is 8.10. The van der Waals surface area contributed by atoms with E-state index < -0.39 is 5.97 Å². The molecule has 0 aliphatic rings. The summed E-state index contributed by atoms with van der Waals surface area (Å²) in [4.78, 5) is 24.9. The van der Waals surface area contributed by atoms with Crippen LogP contribution in [0.5, 0.6) is 5.75 Å². The number of hydrogen-bond acceptors (Lipinski definition) is 5. The van der Waals surface area contributed by atoms with Gasteiger partial charge in [-0.25, -0.2) is 4.79 Å². The molecule has 0 bridgehead atoms. The Hall–Kier alpha value is -2.79. The van der Waals surface area contributed by atoms with Gasteiger partial charge in [0.25, 0.3) is 0 Å². The fourth-order valence-electron chi connectivity index (χ4n) is 2.45. The van der Waals surface area contributed by atoms with Gasteiger partial charge in [-0.05, 0) is 41.3 Å². The molecule has 0 aromatic heterocycles. The Morgan fingerprint density at radius 3 is 2.35 bits per heavy atom. The molecule has 0 radical (unpaired) electrons. The Labute approximate surface area is 156 Å². The van der Waals surface area contributed by atoms with Gasteiger partial charge in [0.15, 0.2) is 19.0 Å². The fourth-order valence-corrected chi connectivity index (χ4v) is 2.86. The second kappa shape index (κ2) is 8.54. The quantitative estimate of drug-likeness (QED) is 0.353. The minimum absolute atomic E-state index is 0.239. The van der Waals surface area contributed by atoms with Gasteiger partial charge in [0.2, 0.25) is 0 Å². The smallest absolute Gasteiger partial charge is 0.344 e. The number of carbonyl (C=O) groups is 2. The van der Waals surface area contributed by atoms with E-state index in [4.69, 9.17) is 9.47 Å². The van der Waals surface area contributed by atoms with Gasteiger partial charge < -0.3 is 9.47 Å². The molecule has 0 amide bonds. The highest BCUT2D eigenvalue weighted by Gasteiger charge is 2.11. The number of esters is 1. The van der Waals surface area contributed by atoms with Gasteiger partial charge in [-0.15, -0.1) is 11.8 Å². The maximum absolute atomic E-state index is 12.0. The highest BCUT2D eigenvalue weighted by Crippen LogP contribution is 2.20. The van der Waals surface area contributed by atoms with E-state index in [-0.39, 0.29) is 19.0 Å². The molecular weight excluding hydrogens is 348 g/mol. The number of hydrogen-bond donors (Lipinski definition) is 0. The summed E-state index contributed by atoms with van der Waals surface area (Å²) in [6.07, 6.45) is 1.97. The maximum Gasteiger partial charge on any atom is 0.344 e. The highest BCUT2D eigenvalue weighted by atomic mass is 32.2. The minimum Gasteiger partial charge on any atom is -0.482 e. The molecule has 3 aromatic rings. The molecule has 0 aliphatic carbocycles. The van der Waals surface area contributed by atoms with Gasteiger partial charge in [0, 0.05) is 10.5 Å². The Morgan fingerprint density at radius 1 is 0.885 bits per heavy atom. The molecule has 26 heavy (non-hydrogen) atoms. The average Bonchev–Trinajstić information content (AvgIpc) is 2.70. The monoisotopic (exact) mass is 366 g/mol. The zero-order valence-electron chi connectivity index (χ0n) is 14.3. The van der Waals surface area contributed by atoms with Crippen LogP contribution < -0.4 is 4.74 Å². The third kappa shape index (κ3) is 4.64. The molecule has 0 fully saturated rings. The Kier molecular flexibility index (Phi) is 5.92. The van der Waals surface area contributed by atoms with E-state index in [0.717, 1.165) is 15.7 Å². The van der Waals surface area contributed by atoms with Gasteiger partial charge in [0.1, 0.15) is 5.75 Å². The predicted molar refractivity (Wildman–Crippen MR) is 103 cm³/mol.